The molecule has 1 atom stereocenters. The van der Waals surface area contributed by atoms with Crippen LogP contribution in [0.2, 0.25) is 0 Å². The molecule has 6 nitrogen and oxygen atoms in total. The van der Waals surface area contributed by atoms with Gasteiger partial charge in [0.25, 0.3) is 0 Å². The third-order valence-electron chi connectivity index (χ3n) is 3.96. The number of urea groups is 1. The first-order valence-corrected chi connectivity index (χ1v) is 9.49. The van der Waals surface area contributed by atoms with E-state index in [4.69, 9.17) is 9.15 Å². The summed E-state index contributed by atoms with van der Waals surface area (Å²) in [5.41, 5.74) is 0.445. The minimum Gasteiger partial charge on any atom is -0.464 e. The molecule has 3 rings (SSSR count). The van der Waals surface area contributed by atoms with Crippen molar-refractivity contribution in [3.8, 4) is 0 Å². The van der Waals surface area contributed by atoms with Crippen molar-refractivity contribution in [1.29, 1.82) is 0 Å². The first kappa shape index (κ1) is 19.9. The van der Waals surface area contributed by atoms with Crippen LogP contribution >= 0.6 is 11.8 Å². The van der Waals surface area contributed by atoms with Gasteiger partial charge in [0.2, 0.25) is 0 Å². The number of carbonyl (C=O) groups is 2. The quantitative estimate of drug-likeness (QED) is 0.561. The van der Waals surface area contributed by atoms with Crippen LogP contribution in [0.5, 0.6) is 0 Å². The lowest BCUT2D eigenvalue weighted by molar-refractivity contribution is -0.139. The molecule has 1 aromatic heterocycles. The van der Waals surface area contributed by atoms with Gasteiger partial charge in [-0.15, -0.1) is 11.8 Å². The smallest absolute Gasteiger partial charge is 0.338 e. The number of benzene rings is 1. The molecule has 0 aliphatic carbocycles. The van der Waals surface area contributed by atoms with Crippen LogP contribution in [-0.4, -0.2) is 24.4 Å². The number of thioether (sulfide) groups is 1. The highest BCUT2D eigenvalue weighted by Crippen LogP contribution is 2.32. The van der Waals surface area contributed by atoms with Gasteiger partial charge in [-0.1, -0.05) is 0 Å². The highest BCUT2D eigenvalue weighted by atomic mass is 32.2. The van der Waals surface area contributed by atoms with E-state index in [9.17, 15) is 18.4 Å². The molecule has 0 bridgehead atoms. The molecule has 148 valence electrons. The number of esters is 1. The Morgan fingerprint density at radius 1 is 1.29 bits per heavy atom. The second kappa shape index (κ2) is 8.47. The summed E-state index contributed by atoms with van der Waals surface area (Å²) in [6, 6.07) is 5.23. The Balaban J connectivity index is 1.95. The van der Waals surface area contributed by atoms with E-state index in [1.54, 1.807) is 26.0 Å². The van der Waals surface area contributed by atoms with E-state index in [1.165, 1.54) is 6.07 Å². The fourth-order valence-electron chi connectivity index (χ4n) is 2.75. The lowest BCUT2D eigenvalue weighted by Gasteiger charge is -2.27. The highest BCUT2D eigenvalue weighted by Gasteiger charge is 2.35. The molecule has 28 heavy (non-hydrogen) atoms. The van der Waals surface area contributed by atoms with E-state index in [2.05, 4.69) is 10.6 Å². The topological polar surface area (TPSA) is 80.6 Å². The van der Waals surface area contributed by atoms with Crippen molar-refractivity contribution in [2.45, 2.75) is 24.8 Å². The largest absolute Gasteiger partial charge is 0.464 e. The summed E-state index contributed by atoms with van der Waals surface area (Å²) < 4.78 is 37.7. The van der Waals surface area contributed by atoms with Gasteiger partial charge in [0.1, 0.15) is 29.2 Å². The molecule has 1 unspecified atom stereocenters. The molecular formula is C19H18F2N2O4S. The maximum Gasteiger partial charge on any atom is 0.338 e. The monoisotopic (exact) mass is 408 g/mol. The van der Waals surface area contributed by atoms with Gasteiger partial charge in [-0.3, -0.25) is 0 Å². The molecule has 1 aliphatic rings. The van der Waals surface area contributed by atoms with Gasteiger partial charge in [0, 0.05) is 22.4 Å². The molecule has 0 spiro atoms. The van der Waals surface area contributed by atoms with Crippen molar-refractivity contribution in [3.63, 3.8) is 0 Å². The minimum atomic E-state index is -0.838. The van der Waals surface area contributed by atoms with Gasteiger partial charge in [-0.25, -0.2) is 18.4 Å². The van der Waals surface area contributed by atoms with E-state index < -0.39 is 29.7 Å². The van der Waals surface area contributed by atoms with E-state index in [0.29, 0.717) is 11.5 Å². The molecular weight excluding hydrogens is 390 g/mol. The van der Waals surface area contributed by atoms with Crippen molar-refractivity contribution in [2.24, 2.45) is 0 Å². The molecule has 0 saturated heterocycles. The van der Waals surface area contributed by atoms with Crippen LogP contribution in [0.25, 0.3) is 0 Å². The zero-order valence-corrected chi connectivity index (χ0v) is 16.0. The number of rotatable bonds is 6. The lowest BCUT2D eigenvalue weighted by Crippen LogP contribution is -2.46. The van der Waals surface area contributed by atoms with Gasteiger partial charge in [-0.2, -0.15) is 0 Å². The predicted octanol–water partition coefficient (Wildman–Crippen LogP) is 3.83. The van der Waals surface area contributed by atoms with Crippen LogP contribution in [-0.2, 0) is 9.53 Å². The SMILES string of the molecule is CCOC(=O)C1=C(CSc2ccc(F)cc2F)NC(=O)NC1c1ccc(C)o1. The van der Waals surface area contributed by atoms with Crippen LogP contribution in [0, 0.1) is 18.6 Å². The van der Waals surface area contributed by atoms with Crippen molar-refractivity contribution in [3.05, 3.63) is 64.8 Å². The normalized spacial score (nSPS) is 16.6. The van der Waals surface area contributed by atoms with Crippen LogP contribution in [0.4, 0.5) is 13.6 Å². The predicted molar refractivity (Wildman–Crippen MR) is 98.6 cm³/mol. The Morgan fingerprint density at radius 3 is 2.71 bits per heavy atom. The van der Waals surface area contributed by atoms with Crippen molar-refractivity contribution >= 4 is 23.8 Å². The zero-order valence-electron chi connectivity index (χ0n) is 15.2. The molecule has 9 heteroatoms. The van der Waals surface area contributed by atoms with Gasteiger partial charge in [-0.05, 0) is 38.1 Å². The maximum absolute atomic E-state index is 13.9. The van der Waals surface area contributed by atoms with Crippen molar-refractivity contribution in [2.75, 3.05) is 12.4 Å². The average Bonchev–Trinajstić information content (AvgIpc) is 3.07. The lowest BCUT2D eigenvalue weighted by atomic mass is 10.0. The summed E-state index contributed by atoms with van der Waals surface area (Å²) in [5.74, 6) is -0.954. The summed E-state index contributed by atoms with van der Waals surface area (Å²) in [7, 11) is 0. The highest BCUT2D eigenvalue weighted by molar-refractivity contribution is 7.99. The molecule has 2 aromatic rings. The van der Waals surface area contributed by atoms with Gasteiger partial charge < -0.3 is 19.8 Å². The third kappa shape index (κ3) is 4.36. The van der Waals surface area contributed by atoms with E-state index in [-0.39, 0.29) is 28.5 Å². The Kier molecular flexibility index (Phi) is 6.03. The summed E-state index contributed by atoms with van der Waals surface area (Å²) >= 11 is 1.03. The molecule has 1 aromatic carbocycles. The molecule has 2 amide bonds. The van der Waals surface area contributed by atoms with E-state index in [0.717, 1.165) is 23.9 Å². The Labute approximate surface area is 164 Å². The molecule has 0 radical (unpaired) electrons. The molecule has 1 aliphatic heterocycles. The first-order chi connectivity index (χ1) is 13.4. The molecule has 0 saturated carbocycles. The first-order valence-electron chi connectivity index (χ1n) is 8.51. The number of carbonyl (C=O) groups excluding carboxylic acids is 2. The number of hydrogen-bond acceptors (Lipinski definition) is 5. The Hall–Kier alpha value is -2.81. The summed E-state index contributed by atoms with van der Waals surface area (Å²) in [6.45, 7) is 3.56. The second-order valence-electron chi connectivity index (χ2n) is 5.96. The summed E-state index contributed by atoms with van der Waals surface area (Å²) in [6.07, 6.45) is 0. The fourth-order valence-corrected chi connectivity index (χ4v) is 3.63. The van der Waals surface area contributed by atoms with Crippen molar-refractivity contribution < 1.29 is 27.5 Å². The Bertz CT molecular complexity index is 942. The number of amides is 2. The number of furan rings is 1. The standard InChI is InChI=1S/C19H18F2N2O4S/c1-3-26-18(24)16-13(9-28-15-7-5-11(20)8-12(15)21)22-19(25)23-17(16)14-6-4-10(2)27-14/h4-8,17H,3,9H2,1-2H3,(H2,22,23,25). The zero-order chi connectivity index (χ0) is 20.3. The third-order valence-corrected chi connectivity index (χ3v) is 5.04. The number of hydrogen-bond donors (Lipinski definition) is 2. The minimum absolute atomic E-state index is 0.0698. The number of ether oxygens (including phenoxy) is 1. The van der Waals surface area contributed by atoms with Gasteiger partial charge in [0.05, 0.1) is 12.2 Å². The van der Waals surface area contributed by atoms with E-state index >= 15 is 0 Å². The Morgan fingerprint density at radius 2 is 2.07 bits per heavy atom. The number of aryl methyl sites for hydroxylation is 1. The van der Waals surface area contributed by atoms with E-state index in [1.807, 2.05) is 0 Å². The number of halogens is 2. The molecule has 0 fully saturated rings. The van der Waals surface area contributed by atoms with Crippen molar-refractivity contribution in [1.82, 2.24) is 10.6 Å². The van der Waals surface area contributed by atoms with Crippen LogP contribution < -0.4 is 10.6 Å². The van der Waals surface area contributed by atoms with Gasteiger partial charge >= 0.3 is 12.0 Å². The van der Waals surface area contributed by atoms with Crippen LogP contribution in [0.1, 0.15) is 24.5 Å². The molecule has 2 N–H and O–H groups in total. The van der Waals surface area contributed by atoms with Gasteiger partial charge in [0.15, 0.2) is 0 Å². The summed E-state index contributed by atoms with van der Waals surface area (Å²) in [4.78, 5) is 24.9. The fraction of sp³-hybridized carbons (Fsp3) is 0.263. The average molecular weight is 408 g/mol. The van der Waals surface area contributed by atoms with Crippen LogP contribution in [0.15, 0.2) is 50.9 Å². The maximum atomic E-state index is 13.9. The second-order valence-corrected chi connectivity index (χ2v) is 6.97. The molecule has 2 heterocycles. The summed E-state index contributed by atoms with van der Waals surface area (Å²) in [5, 5.41) is 5.23. The van der Waals surface area contributed by atoms with Crippen LogP contribution in [0.3, 0.4) is 0 Å². The number of nitrogens with one attached hydrogen (secondary N) is 2.